The minimum Gasteiger partial charge on any atom is -0.477 e. The van der Waals surface area contributed by atoms with Crippen molar-refractivity contribution in [2.45, 2.75) is 18.3 Å². The molecular weight excluding hydrogens is 476 g/mol. The number of rotatable bonds is 8. The largest absolute Gasteiger partial charge is 0.477 e. The van der Waals surface area contributed by atoms with Crippen LogP contribution >= 0.6 is 23.1 Å². The number of alkyl carbamates (subject to hydrolysis) is 1. The van der Waals surface area contributed by atoms with Gasteiger partial charge in [-0.2, -0.15) is 0 Å². The highest BCUT2D eigenvalue weighted by Gasteiger charge is 2.54. The molecule has 1 saturated heterocycles. The number of nitrogen functional groups attached to an aromatic ring is 1. The van der Waals surface area contributed by atoms with E-state index in [0.29, 0.717) is 12.1 Å². The number of β-lactam (4-membered cyclic amide) rings is 1. The molecule has 3 rings (SSSR count). The number of nitrogens with zero attached hydrogens (tertiary/aromatic N) is 3. The van der Waals surface area contributed by atoms with Crippen LogP contribution in [0.2, 0.25) is 0 Å². The van der Waals surface area contributed by atoms with Crippen LogP contribution in [0.25, 0.3) is 0 Å². The summed E-state index contributed by atoms with van der Waals surface area (Å²) in [5.41, 5.74) is 5.30. The van der Waals surface area contributed by atoms with E-state index < -0.39 is 41.0 Å². The zero-order valence-corrected chi connectivity index (χ0v) is 18.8. The number of amides is 3. The van der Waals surface area contributed by atoms with Gasteiger partial charge in [-0.15, -0.1) is 23.1 Å². The Balaban J connectivity index is 1.69. The average Bonchev–Trinajstić information content (AvgIpc) is 3.20. The maximum atomic E-state index is 12.7. The van der Waals surface area contributed by atoms with Crippen LogP contribution in [-0.2, 0) is 19.1 Å². The number of fused-ring (bicyclic) bond motifs is 1. The van der Waals surface area contributed by atoms with Gasteiger partial charge in [-0.05, 0) is 18.6 Å². The number of aromatic nitrogens is 1. The Hall–Kier alpha value is -3.59. The van der Waals surface area contributed by atoms with Crippen LogP contribution in [0.5, 0.6) is 0 Å². The molecule has 0 radical (unpaired) electrons. The lowest BCUT2D eigenvalue weighted by Crippen LogP contribution is -2.71. The van der Waals surface area contributed by atoms with Crippen LogP contribution in [0.15, 0.2) is 34.0 Å². The highest BCUT2D eigenvalue weighted by molar-refractivity contribution is 8.00. The van der Waals surface area contributed by atoms with Gasteiger partial charge in [0, 0.05) is 17.7 Å². The van der Waals surface area contributed by atoms with Crippen molar-refractivity contribution in [1.29, 1.82) is 0 Å². The van der Waals surface area contributed by atoms with Gasteiger partial charge in [0.1, 0.15) is 29.4 Å². The van der Waals surface area contributed by atoms with Crippen molar-refractivity contribution in [3.05, 3.63) is 34.5 Å². The number of thioether (sulfide) groups is 1. The first-order valence-corrected chi connectivity index (χ1v) is 11.4. The quantitative estimate of drug-likeness (QED) is 0.141. The number of hydrogen-bond acceptors (Lipinski definition) is 11. The van der Waals surface area contributed by atoms with Gasteiger partial charge in [-0.1, -0.05) is 11.2 Å². The fourth-order valence-electron chi connectivity index (χ4n) is 3.10. The lowest BCUT2D eigenvalue weighted by Gasteiger charge is -2.49. The third kappa shape index (κ3) is 5.09. The molecule has 2 aliphatic heterocycles. The second-order valence-electron chi connectivity index (χ2n) is 6.59. The van der Waals surface area contributed by atoms with E-state index in [1.54, 1.807) is 6.92 Å². The molecule has 0 saturated carbocycles. The average molecular weight is 497 g/mol. The lowest BCUT2D eigenvalue weighted by molar-refractivity contribution is -0.150. The van der Waals surface area contributed by atoms with Gasteiger partial charge in [-0.25, -0.2) is 14.6 Å². The van der Waals surface area contributed by atoms with E-state index in [4.69, 9.17) is 10.5 Å². The van der Waals surface area contributed by atoms with E-state index in [9.17, 15) is 29.5 Å². The Bertz CT molecular complexity index is 1070. The number of carbonyl (C=O) groups is 4. The Morgan fingerprint density at radius 3 is 2.82 bits per heavy atom. The molecule has 33 heavy (non-hydrogen) atoms. The van der Waals surface area contributed by atoms with E-state index in [-0.39, 0.29) is 28.9 Å². The fourth-order valence-corrected chi connectivity index (χ4v) is 4.97. The SMILES string of the molecule is CCNC(=O)OC/C=C/C1=C(C(=O)O)N2C(=O)C(NC(=O)/C(=N/O)c3csc(N)n3)C2SC1. The highest BCUT2D eigenvalue weighted by atomic mass is 32.2. The van der Waals surface area contributed by atoms with E-state index in [0.717, 1.165) is 16.2 Å². The Morgan fingerprint density at radius 2 is 2.21 bits per heavy atom. The fraction of sp³-hybridized carbons (Fsp3) is 0.333. The molecule has 6 N–H and O–H groups in total. The molecule has 1 fully saturated rings. The molecule has 0 aliphatic carbocycles. The summed E-state index contributed by atoms with van der Waals surface area (Å²) < 4.78 is 4.90. The summed E-state index contributed by atoms with van der Waals surface area (Å²) in [4.78, 5) is 53.3. The Morgan fingerprint density at radius 1 is 1.45 bits per heavy atom. The van der Waals surface area contributed by atoms with Gasteiger partial charge in [-0.3, -0.25) is 14.5 Å². The maximum Gasteiger partial charge on any atom is 0.407 e. The van der Waals surface area contributed by atoms with Crippen molar-refractivity contribution in [3.63, 3.8) is 0 Å². The van der Waals surface area contributed by atoms with Crippen LogP contribution in [0.1, 0.15) is 12.6 Å². The second-order valence-corrected chi connectivity index (χ2v) is 8.59. The minimum atomic E-state index is -1.31. The number of hydrogen-bond donors (Lipinski definition) is 5. The molecule has 0 aromatic carbocycles. The molecule has 0 bridgehead atoms. The number of aliphatic carboxylic acids is 1. The van der Waals surface area contributed by atoms with Crippen LogP contribution in [0.3, 0.4) is 0 Å². The number of carboxylic acid groups (broad SMARTS) is 1. The molecule has 0 spiro atoms. The monoisotopic (exact) mass is 496 g/mol. The molecule has 3 amide bonds. The first-order valence-electron chi connectivity index (χ1n) is 9.51. The molecule has 15 heteroatoms. The third-order valence-electron chi connectivity index (χ3n) is 4.52. The third-order valence-corrected chi connectivity index (χ3v) is 6.49. The van der Waals surface area contributed by atoms with Crippen molar-refractivity contribution < 1.29 is 34.2 Å². The first-order chi connectivity index (χ1) is 15.8. The molecule has 3 heterocycles. The van der Waals surface area contributed by atoms with E-state index in [1.165, 1.54) is 29.3 Å². The number of nitrogens with one attached hydrogen (secondary N) is 2. The molecular formula is C18H20N6O7S2. The first kappa shape index (κ1) is 24.1. The van der Waals surface area contributed by atoms with Crippen molar-refractivity contribution in [2.75, 3.05) is 24.6 Å². The zero-order chi connectivity index (χ0) is 24.1. The minimum absolute atomic E-state index is 0.0470. The number of thiazole rings is 1. The van der Waals surface area contributed by atoms with Crippen LogP contribution in [-0.4, -0.2) is 80.1 Å². The molecule has 2 unspecified atom stereocenters. The number of allylic oxidation sites excluding steroid dienone is 1. The van der Waals surface area contributed by atoms with E-state index in [2.05, 4.69) is 20.8 Å². The number of oxime groups is 1. The van der Waals surface area contributed by atoms with Crippen molar-refractivity contribution in [3.8, 4) is 0 Å². The van der Waals surface area contributed by atoms with Gasteiger partial charge in [0.15, 0.2) is 10.8 Å². The predicted octanol–water partition coefficient (Wildman–Crippen LogP) is -0.0555. The van der Waals surface area contributed by atoms with E-state index >= 15 is 0 Å². The normalized spacial score (nSPS) is 20.3. The van der Waals surface area contributed by atoms with Crippen molar-refractivity contribution in [1.82, 2.24) is 20.5 Å². The summed E-state index contributed by atoms with van der Waals surface area (Å²) in [5, 5.41) is 27.7. The number of ether oxygens (including phenoxy) is 1. The summed E-state index contributed by atoms with van der Waals surface area (Å²) in [7, 11) is 0. The van der Waals surface area contributed by atoms with Crippen molar-refractivity contribution >= 4 is 57.8 Å². The molecule has 2 aliphatic rings. The smallest absolute Gasteiger partial charge is 0.407 e. The second kappa shape index (κ2) is 10.4. The van der Waals surface area contributed by atoms with Crippen LogP contribution in [0, 0.1) is 0 Å². The Labute approximate surface area is 195 Å². The molecule has 1 aromatic heterocycles. The zero-order valence-electron chi connectivity index (χ0n) is 17.2. The number of carboxylic acids is 1. The summed E-state index contributed by atoms with van der Waals surface area (Å²) >= 11 is 2.29. The van der Waals surface area contributed by atoms with Gasteiger partial charge >= 0.3 is 12.1 Å². The van der Waals surface area contributed by atoms with Crippen LogP contribution < -0.4 is 16.4 Å². The maximum absolute atomic E-state index is 12.7. The van der Waals surface area contributed by atoms with Gasteiger partial charge in [0.05, 0.1) is 0 Å². The topological polar surface area (TPSA) is 197 Å². The van der Waals surface area contributed by atoms with Crippen molar-refractivity contribution in [2.24, 2.45) is 5.16 Å². The lowest BCUT2D eigenvalue weighted by atomic mass is 10.0. The summed E-state index contributed by atoms with van der Waals surface area (Å²) in [6.07, 6.45) is 2.35. The highest BCUT2D eigenvalue weighted by Crippen LogP contribution is 2.40. The Kier molecular flexibility index (Phi) is 7.55. The number of anilines is 1. The predicted molar refractivity (Wildman–Crippen MR) is 119 cm³/mol. The van der Waals surface area contributed by atoms with Gasteiger partial charge in [0.25, 0.3) is 11.8 Å². The molecule has 13 nitrogen and oxygen atoms in total. The van der Waals surface area contributed by atoms with E-state index in [1.807, 2.05) is 0 Å². The summed E-state index contributed by atoms with van der Waals surface area (Å²) in [6.45, 7) is 2.07. The number of carbonyl (C=O) groups excluding carboxylic acids is 3. The molecule has 2 atom stereocenters. The molecule has 1 aromatic rings. The van der Waals surface area contributed by atoms with Gasteiger partial charge in [0.2, 0.25) is 0 Å². The molecule has 176 valence electrons. The summed E-state index contributed by atoms with van der Waals surface area (Å²) in [6, 6.07) is -1.02. The number of nitrogens with two attached hydrogens (primary N) is 1. The van der Waals surface area contributed by atoms with Crippen LogP contribution in [0.4, 0.5) is 9.93 Å². The standard InChI is InChI=1S/C18H20N6O7S2/c1-2-20-18(29)31-5-3-4-8-6-32-15-11(14(26)24(15)12(8)16(27)28)22-13(25)10(23-30)9-7-33-17(19)21-9/h3-4,7,11,15,30H,2,5-6H2,1H3,(H2,19,21)(H,20,29)(H,22,25)(H,27,28)/b4-3+,23-10+. The summed E-state index contributed by atoms with van der Waals surface area (Å²) in [5.74, 6) is -2.55. The van der Waals surface area contributed by atoms with Gasteiger partial charge < -0.3 is 31.4 Å².